The van der Waals surface area contributed by atoms with Crippen LogP contribution in [0.1, 0.15) is 33.6 Å². The molecule has 0 heterocycles. The molecule has 2 bridgehead atoms. The van der Waals surface area contributed by atoms with Crippen molar-refractivity contribution in [3.63, 3.8) is 0 Å². The van der Waals surface area contributed by atoms with Crippen LogP contribution < -0.4 is 10.6 Å². The van der Waals surface area contributed by atoms with Crippen LogP contribution in [-0.4, -0.2) is 13.1 Å². The van der Waals surface area contributed by atoms with E-state index in [4.69, 9.17) is 0 Å². The molecule has 27 heavy (non-hydrogen) atoms. The Kier molecular flexibility index (Phi) is 4.72. The Morgan fingerprint density at radius 1 is 0.963 bits per heavy atom. The van der Waals surface area contributed by atoms with E-state index in [0.717, 1.165) is 11.8 Å². The molecular weight excluding hydrogens is 344 g/mol. The van der Waals surface area contributed by atoms with Crippen LogP contribution in [0.5, 0.6) is 0 Å². The fourth-order valence-electron chi connectivity index (χ4n) is 6.15. The first-order chi connectivity index (χ1) is 12.9. The van der Waals surface area contributed by atoms with Gasteiger partial charge >= 0.3 is 0 Å². The minimum Gasteiger partial charge on any atom is -0.248 e. The zero-order valence-electron chi connectivity index (χ0n) is 17.0. The molecule has 4 atom stereocenters. The van der Waals surface area contributed by atoms with Crippen LogP contribution in [0.2, 0.25) is 5.82 Å². The lowest BCUT2D eigenvalue weighted by atomic mass is 9.37. The number of rotatable bonds is 4. The van der Waals surface area contributed by atoms with Gasteiger partial charge in [0.1, 0.15) is 0 Å². The molecule has 3 aliphatic carbocycles. The first kappa shape index (κ1) is 18.8. The SMILES string of the molecule is C[C@@H]1[C@H]2C[C@@H](C[C@H]1[B-](C#N)[P+](C)(c1ccccc1)c1ccccc1)C2(C)C. The summed E-state index contributed by atoms with van der Waals surface area (Å²) in [5, 5.41) is 13.2. The van der Waals surface area contributed by atoms with E-state index in [1.165, 1.54) is 23.5 Å². The second-order valence-electron chi connectivity index (χ2n) is 9.44. The number of hydrogen-bond donors (Lipinski definition) is 0. The molecule has 3 heteroatoms. The van der Waals surface area contributed by atoms with E-state index in [1.807, 2.05) is 0 Å². The molecule has 0 aromatic heterocycles. The summed E-state index contributed by atoms with van der Waals surface area (Å²) in [5.74, 6) is 5.56. The summed E-state index contributed by atoms with van der Waals surface area (Å²) < 4.78 is 0. The maximum Gasteiger partial charge on any atom is 0.201 e. The van der Waals surface area contributed by atoms with Crippen molar-refractivity contribution in [1.82, 2.24) is 0 Å². The topological polar surface area (TPSA) is 23.8 Å². The van der Waals surface area contributed by atoms with Gasteiger partial charge in [0.25, 0.3) is 0 Å². The van der Waals surface area contributed by atoms with E-state index >= 15 is 0 Å². The zero-order chi connectivity index (χ0) is 19.2. The smallest absolute Gasteiger partial charge is 0.201 e. The number of fused-ring (bicyclic) bond motifs is 2. The summed E-state index contributed by atoms with van der Waals surface area (Å²) in [7, 11) is -1.80. The molecule has 0 aliphatic heterocycles. The standard InChI is InChI=1S/C24H30BNP/c1-18-22-15-19(24(22,2)3)16-23(18)25(17-26)27(4,20-11-7-5-8-12-20)21-13-9-6-10-14-21/h5-14,18-19,22-23H,15-16H2,1-4H3/t18-,19+,22-,23-/m1/s1. The summed E-state index contributed by atoms with van der Waals surface area (Å²) in [6, 6.07) is 21.7. The fraction of sp³-hybridized carbons (Fsp3) is 0.458. The highest BCUT2D eigenvalue weighted by Gasteiger charge is 2.58. The van der Waals surface area contributed by atoms with Crippen LogP contribution in [0, 0.1) is 34.4 Å². The number of benzene rings is 2. The Labute approximate surface area is 165 Å². The first-order valence-electron chi connectivity index (χ1n) is 10.3. The van der Waals surface area contributed by atoms with Gasteiger partial charge in [0, 0.05) is 6.66 Å². The highest BCUT2D eigenvalue weighted by atomic mass is 31.2. The van der Waals surface area contributed by atoms with Gasteiger partial charge in [-0.2, -0.15) is 0 Å². The minimum absolute atomic E-state index is 0.0960. The Morgan fingerprint density at radius 3 is 1.89 bits per heavy atom. The van der Waals surface area contributed by atoms with Crippen molar-refractivity contribution in [2.24, 2.45) is 23.2 Å². The second-order valence-corrected chi connectivity index (χ2v) is 13.2. The van der Waals surface area contributed by atoms with Crippen LogP contribution in [0.15, 0.2) is 60.7 Å². The molecule has 139 valence electrons. The first-order valence-corrected chi connectivity index (χ1v) is 12.6. The summed E-state index contributed by atoms with van der Waals surface area (Å²) in [6.45, 7) is 9.73. The fourth-order valence-corrected chi connectivity index (χ4v) is 10.1. The largest absolute Gasteiger partial charge is 0.248 e. The molecule has 3 fully saturated rings. The number of nitriles is 1. The van der Waals surface area contributed by atoms with Gasteiger partial charge in [0.15, 0.2) is 0 Å². The van der Waals surface area contributed by atoms with Crippen LogP contribution in [0.3, 0.4) is 0 Å². The van der Waals surface area contributed by atoms with Gasteiger partial charge in [0.2, 0.25) is 6.43 Å². The molecule has 0 N–H and O–H groups in total. The maximum atomic E-state index is 10.5. The van der Waals surface area contributed by atoms with Gasteiger partial charge in [-0.1, -0.05) is 76.6 Å². The van der Waals surface area contributed by atoms with Crippen LogP contribution in [-0.2, 0) is 0 Å². The molecule has 0 saturated heterocycles. The van der Waals surface area contributed by atoms with Gasteiger partial charge in [-0.25, -0.2) is 5.26 Å². The van der Waals surface area contributed by atoms with Crippen LogP contribution in [0.4, 0.5) is 0 Å². The third-order valence-corrected chi connectivity index (χ3v) is 12.4. The maximum absolute atomic E-state index is 10.5. The van der Waals surface area contributed by atoms with Crippen LogP contribution in [0.25, 0.3) is 0 Å². The summed E-state index contributed by atoms with van der Waals surface area (Å²) in [5.41, 5.74) is 0.463. The molecule has 3 saturated carbocycles. The third kappa shape index (κ3) is 2.78. The number of nitrogens with zero attached hydrogens (tertiary/aromatic N) is 1. The van der Waals surface area contributed by atoms with Gasteiger partial charge in [0.05, 0.1) is 10.6 Å². The van der Waals surface area contributed by atoms with E-state index in [1.54, 1.807) is 0 Å². The second kappa shape index (κ2) is 6.79. The van der Waals surface area contributed by atoms with Gasteiger partial charge < -0.3 is 0 Å². The van der Waals surface area contributed by atoms with Crippen molar-refractivity contribution >= 4 is 24.2 Å². The minimum atomic E-state index is -1.80. The molecule has 2 aromatic rings. The van der Waals surface area contributed by atoms with Crippen molar-refractivity contribution in [2.75, 3.05) is 6.66 Å². The lowest BCUT2D eigenvalue weighted by Gasteiger charge is -2.65. The number of hydrogen-bond acceptors (Lipinski definition) is 1. The normalized spacial score (nSPS) is 29.0. The monoisotopic (exact) mass is 374 g/mol. The molecule has 0 unspecified atom stereocenters. The highest BCUT2D eigenvalue weighted by molar-refractivity contribution is 8.14. The van der Waals surface area contributed by atoms with Gasteiger partial charge in [-0.15, -0.1) is 11.8 Å². The molecule has 0 amide bonds. The molecule has 1 radical (unpaired) electrons. The molecular formula is C24H30BNP. The lowest BCUT2D eigenvalue weighted by Crippen LogP contribution is -2.56. The third-order valence-electron chi connectivity index (χ3n) is 8.09. The average Bonchev–Trinajstić information content (AvgIpc) is 2.70. The predicted octanol–water partition coefficient (Wildman–Crippen LogP) is 5.41. The van der Waals surface area contributed by atoms with Gasteiger partial charge in [-0.05, 0) is 47.9 Å². The van der Waals surface area contributed by atoms with Gasteiger partial charge in [-0.3, -0.25) is 0 Å². The Bertz CT molecular complexity index is 802. The predicted molar refractivity (Wildman–Crippen MR) is 119 cm³/mol. The Morgan fingerprint density at radius 2 is 1.48 bits per heavy atom. The summed E-state index contributed by atoms with van der Waals surface area (Å²) in [6.07, 6.45) is 2.69. The Balaban J connectivity index is 1.79. The van der Waals surface area contributed by atoms with Crippen molar-refractivity contribution in [3.8, 4) is 5.97 Å². The van der Waals surface area contributed by atoms with Crippen LogP contribution >= 0.6 is 7.14 Å². The lowest BCUT2D eigenvalue weighted by molar-refractivity contribution is -0.0985. The molecule has 1 nitrogen and oxygen atoms in total. The quantitative estimate of drug-likeness (QED) is 0.518. The van der Waals surface area contributed by atoms with E-state index in [9.17, 15) is 5.26 Å². The van der Waals surface area contributed by atoms with E-state index in [2.05, 4.69) is 94.1 Å². The highest BCUT2D eigenvalue weighted by Crippen LogP contribution is 2.69. The van der Waals surface area contributed by atoms with E-state index in [0.29, 0.717) is 17.2 Å². The van der Waals surface area contributed by atoms with Crippen molar-refractivity contribution in [1.29, 1.82) is 5.26 Å². The average molecular weight is 374 g/mol. The molecule has 0 spiro atoms. The van der Waals surface area contributed by atoms with Crippen molar-refractivity contribution < 1.29 is 0 Å². The summed E-state index contributed by atoms with van der Waals surface area (Å²) in [4.78, 5) is 0. The zero-order valence-corrected chi connectivity index (χ0v) is 17.9. The molecule has 2 aromatic carbocycles. The van der Waals surface area contributed by atoms with Crippen molar-refractivity contribution in [2.45, 2.75) is 39.4 Å². The van der Waals surface area contributed by atoms with E-state index < -0.39 is 7.14 Å². The van der Waals surface area contributed by atoms with Crippen molar-refractivity contribution in [3.05, 3.63) is 60.7 Å². The van der Waals surface area contributed by atoms with E-state index in [-0.39, 0.29) is 6.43 Å². The Hall–Kier alpha value is -1.58. The molecule has 3 aliphatic rings. The summed E-state index contributed by atoms with van der Waals surface area (Å²) >= 11 is 0. The molecule has 5 rings (SSSR count).